The van der Waals surface area contributed by atoms with E-state index in [2.05, 4.69) is 33.0 Å². The number of carboxylic acid groups (broad SMARTS) is 1. The van der Waals surface area contributed by atoms with Gasteiger partial charge in [-0.05, 0) is 30.2 Å². The maximum absolute atomic E-state index is 11.0. The maximum atomic E-state index is 11.0. The smallest absolute Gasteiger partial charge is 0.320 e. The van der Waals surface area contributed by atoms with Crippen LogP contribution in [0, 0.1) is 23.7 Å². The molecule has 0 aliphatic heterocycles. The highest BCUT2D eigenvalue weighted by Gasteiger charge is 2.24. The van der Waals surface area contributed by atoms with Crippen molar-refractivity contribution in [2.75, 3.05) is 6.54 Å². The van der Waals surface area contributed by atoms with E-state index in [1.54, 1.807) is 0 Å². The first kappa shape index (κ1) is 15.4. The summed E-state index contributed by atoms with van der Waals surface area (Å²) in [4.78, 5) is 11.0. The number of carbonyl (C=O) groups is 1. The summed E-state index contributed by atoms with van der Waals surface area (Å²) in [6, 6.07) is -0.431. The molecule has 0 saturated heterocycles. The average Bonchev–Trinajstić information content (AvgIpc) is 2.09. The van der Waals surface area contributed by atoms with Crippen molar-refractivity contribution in [2.45, 2.75) is 47.6 Å². The second kappa shape index (κ2) is 6.89. The van der Waals surface area contributed by atoms with Crippen LogP contribution in [0.1, 0.15) is 41.5 Å². The van der Waals surface area contributed by atoms with Gasteiger partial charge in [0.2, 0.25) is 0 Å². The number of nitrogens with one attached hydrogen (secondary N) is 1. The standard InChI is InChI=1S/C13H27NO2/c1-8(2)11(9(3)4)7-14-12(10(5)6)13(15)16/h8-12,14H,7H2,1-6H3,(H,15,16). The quantitative estimate of drug-likeness (QED) is 0.705. The average molecular weight is 229 g/mol. The molecule has 1 atom stereocenters. The Bertz CT molecular complexity index is 204. The summed E-state index contributed by atoms with van der Waals surface area (Å²) < 4.78 is 0. The van der Waals surface area contributed by atoms with Crippen LogP contribution in [0.4, 0.5) is 0 Å². The Morgan fingerprint density at radius 1 is 1.00 bits per heavy atom. The van der Waals surface area contributed by atoms with E-state index in [1.165, 1.54) is 0 Å². The highest BCUT2D eigenvalue weighted by atomic mass is 16.4. The van der Waals surface area contributed by atoms with Crippen LogP contribution in [0.3, 0.4) is 0 Å². The molecule has 0 rings (SSSR count). The van der Waals surface area contributed by atoms with Crippen molar-refractivity contribution in [3.8, 4) is 0 Å². The largest absolute Gasteiger partial charge is 0.480 e. The SMILES string of the molecule is CC(C)C(NCC(C(C)C)C(C)C)C(=O)O. The molecular formula is C13H27NO2. The van der Waals surface area contributed by atoms with Crippen LogP contribution >= 0.6 is 0 Å². The third-order valence-corrected chi connectivity index (χ3v) is 3.22. The number of hydrogen-bond acceptors (Lipinski definition) is 2. The summed E-state index contributed by atoms with van der Waals surface area (Å²) in [5.41, 5.74) is 0. The maximum Gasteiger partial charge on any atom is 0.320 e. The van der Waals surface area contributed by atoms with E-state index in [0.717, 1.165) is 6.54 Å². The van der Waals surface area contributed by atoms with Gasteiger partial charge in [0, 0.05) is 0 Å². The second-order valence-corrected chi connectivity index (χ2v) is 5.62. The molecule has 0 aromatic heterocycles. The van der Waals surface area contributed by atoms with Gasteiger partial charge in [0.05, 0.1) is 0 Å². The number of hydrogen-bond donors (Lipinski definition) is 2. The fourth-order valence-electron chi connectivity index (χ4n) is 2.11. The van der Waals surface area contributed by atoms with Crippen molar-refractivity contribution in [1.82, 2.24) is 5.32 Å². The molecule has 0 aliphatic carbocycles. The second-order valence-electron chi connectivity index (χ2n) is 5.62. The van der Waals surface area contributed by atoms with Crippen LogP contribution in [0.2, 0.25) is 0 Å². The number of rotatable bonds is 7. The molecule has 3 nitrogen and oxygen atoms in total. The van der Waals surface area contributed by atoms with Gasteiger partial charge >= 0.3 is 5.97 Å². The Kier molecular flexibility index (Phi) is 6.65. The molecule has 0 aliphatic rings. The Morgan fingerprint density at radius 3 is 1.69 bits per heavy atom. The van der Waals surface area contributed by atoms with Gasteiger partial charge in [-0.1, -0.05) is 41.5 Å². The Hall–Kier alpha value is -0.570. The zero-order valence-electron chi connectivity index (χ0n) is 11.4. The van der Waals surface area contributed by atoms with Crippen molar-refractivity contribution in [1.29, 1.82) is 0 Å². The molecule has 0 fully saturated rings. The first-order chi connectivity index (χ1) is 7.27. The Labute approximate surface area is 99.6 Å². The highest BCUT2D eigenvalue weighted by molar-refractivity contribution is 5.73. The van der Waals surface area contributed by atoms with Crippen molar-refractivity contribution in [2.24, 2.45) is 23.7 Å². The zero-order chi connectivity index (χ0) is 12.9. The lowest BCUT2D eigenvalue weighted by molar-refractivity contribution is -0.140. The molecule has 1 unspecified atom stereocenters. The van der Waals surface area contributed by atoms with Gasteiger partial charge in [-0.25, -0.2) is 0 Å². The fourth-order valence-corrected chi connectivity index (χ4v) is 2.11. The molecule has 16 heavy (non-hydrogen) atoms. The van der Waals surface area contributed by atoms with E-state index in [9.17, 15) is 4.79 Å². The van der Waals surface area contributed by atoms with Gasteiger partial charge in [0.15, 0.2) is 0 Å². The van der Waals surface area contributed by atoms with Crippen molar-refractivity contribution < 1.29 is 9.90 Å². The molecule has 3 heteroatoms. The first-order valence-electron chi connectivity index (χ1n) is 6.23. The molecule has 0 amide bonds. The van der Waals surface area contributed by atoms with Crippen molar-refractivity contribution in [3.05, 3.63) is 0 Å². The van der Waals surface area contributed by atoms with E-state index in [0.29, 0.717) is 17.8 Å². The van der Waals surface area contributed by atoms with E-state index in [-0.39, 0.29) is 5.92 Å². The summed E-state index contributed by atoms with van der Waals surface area (Å²) in [6.07, 6.45) is 0. The topological polar surface area (TPSA) is 49.3 Å². The summed E-state index contributed by atoms with van der Waals surface area (Å²) in [7, 11) is 0. The molecule has 0 saturated carbocycles. The van der Waals surface area contributed by atoms with E-state index >= 15 is 0 Å². The normalized spacial score (nSPS) is 14.1. The molecule has 96 valence electrons. The van der Waals surface area contributed by atoms with Gasteiger partial charge in [-0.2, -0.15) is 0 Å². The summed E-state index contributed by atoms with van der Waals surface area (Å²) >= 11 is 0. The van der Waals surface area contributed by atoms with Gasteiger partial charge in [0.25, 0.3) is 0 Å². The van der Waals surface area contributed by atoms with Crippen molar-refractivity contribution >= 4 is 5.97 Å². The van der Waals surface area contributed by atoms with Gasteiger partial charge in [-0.15, -0.1) is 0 Å². The predicted octanol–water partition coefficient (Wildman–Crippen LogP) is 2.61. The number of carboxylic acids is 1. The minimum Gasteiger partial charge on any atom is -0.480 e. The van der Waals surface area contributed by atoms with E-state index in [4.69, 9.17) is 5.11 Å². The highest BCUT2D eigenvalue weighted by Crippen LogP contribution is 2.20. The summed E-state index contributed by atoms with van der Waals surface area (Å²) in [5, 5.41) is 12.3. The molecule has 0 bridgehead atoms. The minimum atomic E-state index is -0.749. The molecule has 2 N–H and O–H groups in total. The Morgan fingerprint density at radius 2 is 1.44 bits per heavy atom. The van der Waals surface area contributed by atoms with Crippen LogP contribution in [0.25, 0.3) is 0 Å². The molecule has 0 radical (unpaired) electrons. The monoisotopic (exact) mass is 229 g/mol. The lowest BCUT2D eigenvalue weighted by Gasteiger charge is -2.28. The molecule has 0 aromatic rings. The first-order valence-corrected chi connectivity index (χ1v) is 6.23. The van der Waals surface area contributed by atoms with Crippen LogP contribution in [0.15, 0.2) is 0 Å². The minimum absolute atomic E-state index is 0.123. The lowest BCUT2D eigenvalue weighted by Crippen LogP contribution is -2.44. The van der Waals surface area contributed by atoms with Crippen LogP contribution in [-0.2, 0) is 4.79 Å². The van der Waals surface area contributed by atoms with Crippen LogP contribution < -0.4 is 5.32 Å². The fraction of sp³-hybridized carbons (Fsp3) is 0.923. The zero-order valence-corrected chi connectivity index (χ0v) is 11.4. The van der Waals surface area contributed by atoms with Gasteiger partial charge < -0.3 is 10.4 Å². The summed E-state index contributed by atoms with van der Waals surface area (Å²) in [6.45, 7) is 13.4. The summed E-state index contributed by atoms with van der Waals surface area (Å²) in [5.74, 6) is 1.06. The Balaban J connectivity index is 4.32. The van der Waals surface area contributed by atoms with E-state index in [1.807, 2.05) is 13.8 Å². The lowest BCUT2D eigenvalue weighted by atomic mass is 9.85. The molecule has 0 spiro atoms. The molecular weight excluding hydrogens is 202 g/mol. The predicted molar refractivity (Wildman–Crippen MR) is 67.4 cm³/mol. The van der Waals surface area contributed by atoms with Crippen LogP contribution in [-0.4, -0.2) is 23.7 Å². The third kappa shape index (κ3) is 4.97. The van der Waals surface area contributed by atoms with Crippen molar-refractivity contribution in [3.63, 3.8) is 0 Å². The van der Waals surface area contributed by atoms with Gasteiger partial charge in [0.1, 0.15) is 6.04 Å². The van der Waals surface area contributed by atoms with Gasteiger partial charge in [-0.3, -0.25) is 4.79 Å². The molecule has 0 heterocycles. The van der Waals surface area contributed by atoms with Crippen LogP contribution in [0.5, 0.6) is 0 Å². The number of aliphatic carboxylic acids is 1. The van der Waals surface area contributed by atoms with E-state index < -0.39 is 12.0 Å². The third-order valence-electron chi connectivity index (χ3n) is 3.22. The molecule has 0 aromatic carbocycles.